The first-order chi connectivity index (χ1) is 8.11. The standard InChI is InChI=1S/C12H14ClNO3/c1-8-6-9(13)2-3-11(8)14-5-4-10(7-15)17-12(14)16/h2-3,6,10,15H,4-5,7H2,1H3. The number of cyclic esters (lactones) is 1. The summed E-state index contributed by atoms with van der Waals surface area (Å²) in [5.41, 5.74) is 1.73. The number of aliphatic hydroxyl groups is 1. The van der Waals surface area contributed by atoms with Crippen LogP contribution in [0.4, 0.5) is 10.5 Å². The molecule has 17 heavy (non-hydrogen) atoms. The van der Waals surface area contributed by atoms with E-state index in [4.69, 9.17) is 21.4 Å². The van der Waals surface area contributed by atoms with Crippen molar-refractivity contribution in [2.45, 2.75) is 19.4 Å². The second kappa shape index (κ2) is 4.94. The molecule has 4 nitrogen and oxygen atoms in total. The lowest BCUT2D eigenvalue weighted by molar-refractivity contribution is 0.0452. The molecule has 0 radical (unpaired) electrons. The predicted molar refractivity (Wildman–Crippen MR) is 65.5 cm³/mol. The molecule has 2 rings (SSSR count). The van der Waals surface area contributed by atoms with Gasteiger partial charge in [-0.25, -0.2) is 4.79 Å². The van der Waals surface area contributed by atoms with Crippen molar-refractivity contribution in [2.75, 3.05) is 18.1 Å². The first kappa shape index (κ1) is 12.2. The van der Waals surface area contributed by atoms with E-state index in [0.29, 0.717) is 18.0 Å². The summed E-state index contributed by atoms with van der Waals surface area (Å²) in [4.78, 5) is 13.3. The van der Waals surface area contributed by atoms with E-state index >= 15 is 0 Å². The van der Waals surface area contributed by atoms with E-state index in [1.54, 1.807) is 17.0 Å². The number of aliphatic hydroxyl groups excluding tert-OH is 1. The van der Waals surface area contributed by atoms with Gasteiger partial charge in [0.2, 0.25) is 0 Å². The van der Waals surface area contributed by atoms with E-state index < -0.39 is 6.09 Å². The number of hydrogen-bond acceptors (Lipinski definition) is 3. The Morgan fingerprint density at radius 1 is 1.59 bits per heavy atom. The second-order valence-corrected chi connectivity index (χ2v) is 4.50. The maximum Gasteiger partial charge on any atom is 0.414 e. The monoisotopic (exact) mass is 255 g/mol. The molecule has 1 atom stereocenters. The third kappa shape index (κ3) is 2.53. The quantitative estimate of drug-likeness (QED) is 0.883. The Morgan fingerprint density at radius 3 is 2.94 bits per heavy atom. The van der Waals surface area contributed by atoms with Crippen molar-refractivity contribution in [3.8, 4) is 0 Å². The van der Waals surface area contributed by atoms with Crippen molar-refractivity contribution < 1.29 is 14.6 Å². The number of hydrogen-bond donors (Lipinski definition) is 1. The second-order valence-electron chi connectivity index (χ2n) is 4.06. The minimum atomic E-state index is -0.416. The number of rotatable bonds is 2. The Morgan fingerprint density at radius 2 is 2.35 bits per heavy atom. The molecule has 1 heterocycles. The molecule has 1 unspecified atom stereocenters. The molecule has 1 saturated heterocycles. The van der Waals surface area contributed by atoms with Crippen LogP contribution in [0.5, 0.6) is 0 Å². The highest BCUT2D eigenvalue weighted by atomic mass is 35.5. The highest BCUT2D eigenvalue weighted by molar-refractivity contribution is 6.30. The summed E-state index contributed by atoms with van der Waals surface area (Å²) in [7, 11) is 0. The third-order valence-corrected chi connectivity index (χ3v) is 3.05. The molecule has 1 aromatic rings. The van der Waals surface area contributed by atoms with Gasteiger partial charge >= 0.3 is 6.09 Å². The van der Waals surface area contributed by atoms with E-state index in [1.807, 2.05) is 13.0 Å². The topological polar surface area (TPSA) is 49.8 Å². The molecule has 1 aliphatic heterocycles. The zero-order chi connectivity index (χ0) is 12.4. The van der Waals surface area contributed by atoms with E-state index in [9.17, 15) is 4.79 Å². The average molecular weight is 256 g/mol. The van der Waals surface area contributed by atoms with E-state index in [0.717, 1.165) is 11.3 Å². The van der Waals surface area contributed by atoms with Crippen molar-refractivity contribution in [1.29, 1.82) is 0 Å². The first-order valence-electron chi connectivity index (χ1n) is 5.47. The Balaban J connectivity index is 2.20. The minimum absolute atomic E-state index is 0.126. The van der Waals surface area contributed by atoms with Crippen molar-refractivity contribution >= 4 is 23.4 Å². The zero-order valence-corrected chi connectivity index (χ0v) is 10.3. The molecule has 1 aliphatic rings. The lowest BCUT2D eigenvalue weighted by Gasteiger charge is -2.31. The summed E-state index contributed by atoms with van der Waals surface area (Å²) in [5, 5.41) is 9.59. The van der Waals surface area contributed by atoms with Crippen LogP contribution in [0.25, 0.3) is 0 Å². The maximum atomic E-state index is 11.8. The number of amides is 1. The van der Waals surface area contributed by atoms with Gasteiger partial charge in [0, 0.05) is 18.0 Å². The molecular formula is C12H14ClNO3. The smallest absolute Gasteiger partial charge is 0.414 e. The van der Waals surface area contributed by atoms with Crippen LogP contribution in [0.1, 0.15) is 12.0 Å². The van der Waals surface area contributed by atoms with Crippen LogP contribution in [0.15, 0.2) is 18.2 Å². The van der Waals surface area contributed by atoms with Gasteiger partial charge in [0.25, 0.3) is 0 Å². The maximum absolute atomic E-state index is 11.8. The number of aryl methyl sites for hydroxylation is 1. The summed E-state index contributed by atoms with van der Waals surface area (Å²) < 4.78 is 5.09. The van der Waals surface area contributed by atoms with Gasteiger partial charge < -0.3 is 9.84 Å². The van der Waals surface area contributed by atoms with Crippen molar-refractivity contribution in [3.05, 3.63) is 28.8 Å². The van der Waals surface area contributed by atoms with Crippen LogP contribution < -0.4 is 4.90 Å². The van der Waals surface area contributed by atoms with Gasteiger partial charge in [0.1, 0.15) is 6.10 Å². The number of halogens is 1. The van der Waals surface area contributed by atoms with Gasteiger partial charge in [-0.2, -0.15) is 0 Å². The summed E-state index contributed by atoms with van der Waals surface area (Å²) in [5.74, 6) is 0. The van der Waals surface area contributed by atoms with Crippen molar-refractivity contribution in [3.63, 3.8) is 0 Å². The normalized spacial score (nSPS) is 20.3. The number of anilines is 1. The predicted octanol–water partition coefficient (Wildman–Crippen LogP) is 2.36. The molecule has 0 aromatic heterocycles. The average Bonchev–Trinajstić information content (AvgIpc) is 2.30. The number of ether oxygens (including phenoxy) is 1. The highest BCUT2D eigenvalue weighted by Gasteiger charge is 2.28. The van der Waals surface area contributed by atoms with Crippen LogP contribution in [-0.4, -0.2) is 30.5 Å². The Bertz CT molecular complexity index is 436. The van der Waals surface area contributed by atoms with Gasteiger partial charge in [-0.3, -0.25) is 4.90 Å². The summed E-state index contributed by atoms with van der Waals surface area (Å²) in [6.45, 7) is 2.32. The van der Waals surface area contributed by atoms with Crippen LogP contribution in [0, 0.1) is 6.92 Å². The first-order valence-corrected chi connectivity index (χ1v) is 5.85. The summed E-state index contributed by atoms with van der Waals surface area (Å²) in [6.07, 6.45) is -0.170. The molecule has 5 heteroatoms. The molecule has 0 saturated carbocycles. The van der Waals surface area contributed by atoms with Crippen molar-refractivity contribution in [1.82, 2.24) is 0 Å². The van der Waals surface area contributed by atoms with Gasteiger partial charge in [-0.15, -0.1) is 0 Å². The number of carbonyl (C=O) groups excluding carboxylic acids is 1. The molecule has 0 bridgehead atoms. The largest absolute Gasteiger partial charge is 0.443 e. The molecule has 1 aromatic carbocycles. The van der Waals surface area contributed by atoms with Crippen LogP contribution in [-0.2, 0) is 4.74 Å². The summed E-state index contributed by atoms with van der Waals surface area (Å²) in [6, 6.07) is 5.36. The third-order valence-electron chi connectivity index (χ3n) is 2.82. The van der Waals surface area contributed by atoms with Gasteiger partial charge in [0.15, 0.2) is 0 Å². The van der Waals surface area contributed by atoms with Gasteiger partial charge in [-0.05, 0) is 30.7 Å². The lowest BCUT2D eigenvalue weighted by Crippen LogP contribution is -2.43. The van der Waals surface area contributed by atoms with Crippen molar-refractivity contribution in [2.24, 2.45) is 0 Å². The summed E-state index contributed by atoms with van der Waals surface area (Å²) >= 11 is 5.87. The van der Waals surface area contributed by atoms with Crippen LogP contribution in [0.2, 0.25) is 5.02 Å². The van der Waals surface area contributed by atoms with E-state index in [-0.39, 0.29) is 12.7 Å². The fourth-order valence-electron chi connectivity index (χ4n) is 1.90. The lowest BCUT2D eigenvalue weighted by atomic mass is 10.1. The molecule has 1 N–H and O–H groups in total. The molecule has 0 spiro atoms. The minimum Gasteiger partial charge on any atom is -0.443 e. The zero-order valence-electron chi connectivity index (χ0n) is 9.52. The number of carbonyl (C=O) groups is 1. The molecular weight excluding hydrogens is 242 g/mol. The number of benzene rings is 1. The molecule has 0 aliphatic carbocycles. The molecule has 1 amide bonds. The van der Waals surface area contributed by atoms with Crippen LogP contribution >= 0.6 is 11.6 Å². The SMILES string of the molecule is Cc1cc(Cl)ccc1N1CCC(CO)OC1=O. The van der Waals surface area contributed by atoms with Crippen LogP contribution in [0.3, 0.4) is 0 Å². The molecule has 1 fully saturated rings. The van der Waals surface area contributed by atoms with E-state index in [2.05, 4.69) is 0 Å². The van der Waals surface area contributed by atoms with E-state index in [1.165, 1.54) is 0 Å². The van der Waals surface area contributed by atoms with Gasteiger partial charge in [-0.1, -0.05) is 11.6 Å². The Kier molecular flexibility index (Phi) is 3.54. The fourth-order valence-corrected chi connectivity index (χ4v) is 2.13. The highest BCUT2D eigenvalue weighted by Crippen LogP contribution is 2.26. The molecule has 92 valence electrons. The number of nitrogens with zero attached hydrogens (tertiary/aromatic N) is 1. The Hall–Kier alpha value is -1.26. The van der Waals surface area contributed by atoms with Gasteiger partial charge in [0.05, 0.1) is 12.3 Å². The Labute approximate surface area is 105 Å². The fraction of sp³-hybridized carbons (Fsp3) is 0.417.